The fourth-order valence-electron chi connectivity index (χ4n) is 3.68. The molecule has 1 aliphatic rings. The molecule has 164 valence electrons. The fourth-order valence-corrected chi connectivity index (χ4v) is 6.29. The number of rotatable bonds is 8. The van der Waals surface area contributed by atoms with Gasteiger partial charge in [-0.3, -0.25) is 4.79 Å². The van der Waals surface area contributed by atoms with Gasteiger partial charge in [-0.2, -0.15) is 4.31 Å². The Kier molecular flexibility index (Phi) is 7.55. The monoisotopic (exact) mass is 450 g/mol. The number of nitrogens with one attached hydrogen (secondary N) is 1. The molecule has 1 saturated heterocycles. The van der Waals surface area contributed by atoms with Crippen LogP contribution in [0.15, 0.2) is 46.0 Å². The number of carbonyl (C=O) groups is 1. The maximum absolute atomic E-state index is 12.6. The summed E-state index contributed by atoms with van der Waals surface area (Å²) in [5.74, 6) is 0.858. The minimum Gasteiger partial charge on any atom is -0.491 e. The lowest BCUT2D eigenvalue weighted by Gasteiger charge is -2.33. The second-order valence-electron chi connectivity index (χ2n) is 7.99. The highest BCUT2D eigenvalue weighted by atomic mass is 32.2. The third-order valence-corrected chi connectivity index (χ3v) is 8.74. The minimum atomic E-state index is -3.40. The van der Waals surface area contributed by atoms with Crippen LogP contribution in [0.3, 0.4) is 0 Å². The third-order valence-electron chi connectivity index (χ3n) is 5.47. The lowest BCUT2D eigenvalue weighted by Crippen LogP contribution is -2.42. The summed E-state index contributed by atoms with van der Waals surface area (Å²) in [6.07, 6.45) is 1.52. The lowest BCUT2D eigenvalue weighted by molar-refractivity contribution is -0.126. The van der Waals surface area contributed by atoms with Crippen LogP contribution in [0.1, 0.15) is 39.2 Å². The number of hydrogen-bond acceptors (Lipinski definition) is 5. The van der Waals surface area contributed by atoms with Crippen LogP contribution in [0.5, 0.6) is 5.75 Å². The van der Waals surface area contributed by atoms with Gasteiger partial charge >= 0.3 is 0 Å². The minimum absolute atomic E-state index is 0.0112. The molecule has 6 nitrogen and oxygen atoms in total. The van der Waals surface area contributed by atoms with Gasteiger partial charge in [0, 0.05) is 25.6 Å². The van der Waals surface area contributed by atoms with Crippen molar-refractivity contribution in [1.29, 1.82) is 0 Å². The van der Waals surface area contributed by atoms with Crippen LogP contribution in [0, 0.1) is 11.8 Å². The van der Waals surface area contributed by atoms with Gasteiger partial charge in [-0.25, -0.2) is 8.42 Å². The van der Waals surface area contributed by atoms with Crippen LogP contribution in [0.25, 0.3) is 0 Å². The molecule has 0 saturated carbocycles. The van der Waals surface area contributed by atoms with Gasteiger partial charge < -0.3 is 10.1 Å². The second-order valence-corrected chi connectivity index (χ2v) is 11.1. The maximum atomic E-state index is 12.6. The molecule has 1 N–H and O–H groups in total. The Morgan fingerprint density at radius 3 is 2.40 bits per heavy atom. The van der Waals surface area contributed by atoms with E-state index in [1.165, 1.54) is 11.3 Å². The Bertz CT molecular complexity index is 917. The van der Waals surface area contributed by atoms with Gasteiger partial charge in [0.05, 0.1) is 6.10 Å². The van der Waals surface area contributed by atoms with Crippen molar-refractivity contribution >= 4 is 27.3 Å². The van der Waals surface area contributed by atoms with E-state index >= 15 is 0 Å². The highest BCUT2D eigenvalue weighted by molar-refractivity contribution is 7.91. The van der Waals surface area contributed by atoms with Crippen molar-refractivity contribution in [2.24, 2.45) is 11.8 Å². The van der Waals surface area contributed by atoms with E-state index in [1.807, 2.05) is 45.0 Å². The van der Waals surface area contributed by atoms with Crippen molar-refractivity contribution < 1.29 is 17.9 Å². The summed E-state index contributed by atoms with van der Waals surface area (Å²) in [4.78, 5) is 12.6. The molecule has 30 heavy (non-hydrogen) atoms. The Morgan fingerprint density at radius 2 is 1.83 bits per heavy atom. The Labute approximate surface area is 183 Å². The van der Waals surface area contributed by atoms with E-state index in [9.17, 15) is 13.2 Å². The van der Waals surface area contributed by atoms with Gasteiger partial charge in [0.1, 0.15) is 9.96 Å². The predicted octanol–water partition coefficient (Wildman–Crippen LogP) is 3.89. The molecule has 1 amide bonds. The van der Waals surface area contributed by atoms with Crippen LogP contribution >= 0.6 is 11.3 Å². The van der Waals surface area contributed by atoms with Crippen molar-refractivity contribution in [2.75, 3.05) is 13.1 Å². The van der Waals surface area contributed by atoms with Gasteiger partial charge in [-0.15, -0.1) is 11.3 Å². The SMILES string of the molecule is CC(C)Oc1ccc(CNC(=O)[C@H](C)C2CCN(S(=O)(=O)c3cccs3)CC2)cc1. The van der Waals surface area contributed by atoms with Crippen molar-refractivity contribution in [2.45, 2.75) is 50.5 Å². The zero-order valence-electron chi connectivity index (χ0n) is 17.7. The van der Waals surface area contributed by atoms with Crippen LogP contribution in [0.4, 0.5) is 0 Å². The number of hydrogen-bond donors (Lipinski definition) is 1. The number of carbonyl (C=O) groups excluding carboxylic acids is 1. The van der Waals surface area contributed by atoms with Crippen LogP contribution in [-0.2, 0) is 21.4 Å². The summed E-state index contributed by atoms with van der Waals surface area (Å²) in [5, 5.41) is 4.78. The third kappa shape index (κ3) is 5.62. The first-order valence-corrected chi connectivity index (χ1v) is 12.7. The zero-order valence-corrected chi connectivity index (χ0v) is 19.3. The largest absolute Gasteiger partial charge is 0.491 e. The van der Waals surface area contributed by atoms with Gasteiger partial charge in [-0.05, 0) is 61.7 Å². The summed E-state index contributed by atoms with van der Waals surface area (Å²) >= 11 is 1.24. The van der Waals surface area contributed by atoms with Crippen molar-refractivity contribution in [3.63, 3.8) is 0 Å². The molecule has 0 bridgehead atoms. The van der Waals surface area contributed by atoms with Crippen LogP contribution < -0.4 is 10.1 Å². The lowest BCUT2D eigenvalue weighted by atomic mass is 9.85. The molecule has 8 heteroatoms. The first kappa shape index (κ1) is 22.8. The highest BCUT2D eigenvalue weighted by Crippen LogP contribution is 2.30. The topological polar surface area (TPSA) is 75.7 Å². The molecule has 1 aromatic heterocycles. The van der Waals surface area contributed by atoms with E-state index in [2.05, 4.69) is 5.32 Å². The number of sulfonamides is 1. The van der Waals surface area contributed by atoms with Crippen molar-refractivity contribution in [3.8, 4) is 5.75 Å². The quantitative estimate of drug-likeness (QED) is 0.662. The number of amides is 1. The van der Waals surface area contributed by atoms with E-state index < -0.39 is 10.0 Å². The van der Waals surface area contributed by atoms with Gasteiger partial charge in [0.25, 0.3) is 10.0 Å². The summed E-state index contributed by atoms with van der Waals surface area (Å²) in [6, 6.07) is 11.1. The summed E-state index contributed by atoms with van der Waals surface area (Å²) in [6.45, 7) is 7.29. The number of piperidine rings is 1. The molecule has 1 aliphatic heterocycles. The molecule has 2 aromatic rings. The number of benzene rings is 1. The maximum Gasteiger partial charge on any atom is 0.252 e. The van der Waals surface area contributed by atoms with Gasteiger partial charge in [0.2, 0.25) is 5.91 Å². The van der Waals surface area contributed by atoms with Gasteiger partial charge in [0.15, 0.2) is 0 Å². The molecule has 1 fully saturated rings. The van der Waals surface area contributed by atoms with E-state index in [0.29, 0.717) is 36.7 Å². The summed E-state index contributed by atoms with van der Waals surface area (Å²) in [7, 11) is -3.40. The smallest absolute Gasteiger partial charge is 0.252 e. The number of ether oxygens (including phenoxy) is 1. The molecule has 0 spiro atoms. The highest BCUT2D eigenvalue weighted by Gasteiger charge is 2.33. The Morgan fingerprint density at radius 1 is 1.17 bits per heavy atom. The molecular weight excluding hydrogens is 420 g/mol. The predicted molar refractivity (Wildman–Crippen MR) is 119 cm³/mol. The van der Waals surface area contributed by atoms with E-state index in [4.69, 9.17) is 4.74 Å². The molecule has 2 heterocycles. The molecule has 1 atom stereocenters. The molecule has 1 aromatic carbocycles. The summed E-state index contributed by atoms with van der Waals surface area (Å²) in [5.41, 5.74) is 1.02. The standard InChI is InChI=1S/C22H30N2O4S2/c1-16(2)28-20-8-6-18(7-9-20)15-23-22(25)17(3)19-10-12-24(13-11-19)30(26,27)21-5-4-14-29-21/h4-9,14,16-17,19H,10-13,15H2,1-3H3,(H,23,25)/t17-/m1/s1. The first-order valence-electron chi connectivity index (χ1n) is 10.3. The van der Waals surface area contributed by atoms with Gasteiger partial charge in [-0.1, -0.05) is 25.1 Å². The van der Waals surface area contributed by atoms with E-state index in [0.717, 1.165) is 11.3 Å². The normalized spacial score (nSPS) is 17.1. The number of nitrogens with zero attached hydrogens (tertiary/aromatic N) is 1. The molecule has 3 rings (SSSR count). The molecule has 0 radical (unpaired) electrons. The molecule has 0 unspecified atom stereocenters. The van der Waals surface area contributed by atoms with E-state index in [-0.39, 0.29) is 23.8 Å². The van der Waals surface area contributed by atoms with Crippen molar-refractivity contribution in [1.82, 2.24) is 9.62 Å². The van der Waals surface area contributed by atoms with Crippen LogP contribution in [-0.4, -0.2) is 37.8 Å². The number of thiophene rings is 1. The zero-order chi connectivity index (χ0) is 21.7. The fraction of sp³-hybridized carbons (Fsp3) is 0.500. The molecule has 0 aliphatic carbocycles. The van der Waals surface area contributed by atoms with Crippen LogP contribution in [0.2, 0.25) is 0 Å². The Hall–Kier alpha value is -1.90. The van der Waals surface area contributed by atoms with E-state index in [1.54, 1.807) is 21.8 Å². The second kappa shape index (κ2) is 9.94. The molecular formula is C22H30N2O4S2. The average Bonchev–Trinajstić information content (AvgIpc) is 3.28. The first-order chi connectivity index (χ1) is 14.3. The van der Waals surface area contributed by atoms with Crippen molar-refractivity contribution in [3.05, 3.63) is 47.3 Å². The Balaban J connectivity index is 1.48. The summed E-state index contributed by atoms with van der Waals surface area (Å²) < 4.78 is 32.9. The average molecular weight is 451 g/mol.